The number of nitrogens with zero attached hydrogens (tertiary/aromatic N) is 1. The van der Waals surface area contributed by atoms with Crippen molar-refractivity contribution in [1.82, 2.24) is 0 Å². The van der Waals surface area contributed by atoms with Crippen molar-refractivity contribution >= 4 is 70.5 Å². The van der Waals surface area contributed by atoms with Crippen molar-refractivity contribution in [2.75, 3.05) is 4.90 Å². The molecule has 0 unspecified atom stereocenters. The standard InChI is InChI=1S/C48H31NOS/c1-3-13-32(14-4-1)37-17-7-8-18-38(37)34-23-25-35(26-24-34)49(36-27-28-41-40-19-9-11-21-44(40)50-45(41)31-36)43-30-29-39(33-15-5-2-6-16-33)48-47(43)42-20-10-12-22-46(42)51-48/h1-31H. The maximum Gasteiger partial charge on any atom is 0.137 e. The molecule has 0 fully saturated rings. The highest BCUT2D eigenvalue weighted by atomic mass is 32.1. The van der Waals surface area contributed by atoms with E-state index < -0.39 is 0 Å². The summed E-state index contributed by atoms with van der Waals surface area (Å²) in [6, 6.07) is 67.3. The van der Waals surface area contributed by atoms with Gasteiger partial charge in [0.1, 0.15) is 11.2 Å². The van der Waals surface area contributed by atoms with E-state index in [1.807, 2.05) is 23.5 Å². The molecule has 0 aliphatic carbocycles. The zero-order valence-corrected chi connectivity index (χ0v) is 28.5. The molecule has 10 rings (SSSR count). The van der Waals surface area contributed by atoms with Crippen LogP contribution in [-0.4, -0.2) is 0 Å². The van der Waals surface area contributed by atoms with Crippen LogP contribution in [0.3, 0.4) is 0 Å². The lowest BCUT2D eigenvalue weighted by Gasteiger charge is -2.27. The topological polar surface area (TPSA) is 16.4 Å². The van der Waals surface area contributed by atoms with E-state index in [0.717, 1.165) is 39.0 Å². The molecule has 0 N–H and O–H groups in total. The second-order valence-corrected chi connectivity index (χ2v) is 13.9. The van der Waals surface area contributed by atoms with Gasteiger partial charge < -0.3 is 9.32 Å². The minimum atomic E-state index is 0.874. The van der Waals surface area contributed by atoms with Gasteiger partial charge in [-0.2, -0.15) is 0 Å². The number of fused-ring (bicyclic) bond motifs is 6. The van der Waals surface area contributed by atoms with Crippen LogP contribution in [0.25, 0.3) is 75.5 Å². The lowest BCUT2D eigenvalue weighted by Crippen LogP contribution is -2.10. The van der Waals surface area contributed by atoms with Crippen LogP contribution in [0.2, 0.25) is 0 Å². The van der Waals surface area contributed by atoms with E-state index in [4.69, 9.17) is 4.42 Å². The number of thiophene rings is 1. The zero-order chi connectivity index (χ0) is 33.7. The van der Waals surface area contributed by atoms with Crippen LogP contribution >= 0.6 is 11.3 Å². The molecule has 51 heavy (non-hydrogen) atoms. The van der Waals surface area contributed by atoms with Gasteiger partial charge in [0.05, 0.1) is 5.69 Å². The molecular weight excluding hydrogens is 639 g/mol. The smallest absolute Gasteiger partial charge is 0.137 e. The molecule has 0 bridgehead atoms. The Labute approximate surface area is 300 Å². The highest BCUT2D eigenvalue weighted by Gasteiger charge is 2.22. The predicted molar refractivity (Wildman–Crippen MR) is 218 cm³/mol. The van der Waals surface area contributed by atoms with Crippen molar-refractivity contribution in [3.05, 3.63) is 188 Å². The number of rotatable bonds is 6. The van der Waals surface area contributed by atoms with Gasteiger partial charge in [0.2, 0.25) is 0 Å². The third kappa shape index (κ3) is 5.01. The Morgan fingerprint density at radius 1 is 0.392 bits per heavy atom. The van der Waals surface area contributed by atoms with Gasteiger partial charge in [-0.25, -0.2) is 0 Å². The lowest BCUT2D eigenvalue weighted by atomic mass is 9.94. The van der Waals surface area contributed by atoms with Crippen molar-refractivity contribution in [3.8, 4) is 33.4 Å². The van der Waals surface area contributed by atoms with Crippen LogP contribution in [0.5, 0.6) is 0 Å². The summed E-state index contributed by atoms with van der Waals surface area (Å²) in [5, 5.41) is 4.76. The molecule has 0 saturated carbocycles. The number of anilines is 3. The Balaban J connectivity index is 1.20. The van der Waals surface area contributed by atoms with Crippen LogP contribution in [0.15, 0.2) is 192 Å². The van der Waals surface area contributed by atoms with E-state index in [-0.39, 0.29) is 0 Å². The summed E-state index contributed by atoms with van der Waals surface area (Å²) in [6.45, 7) is 0. The summed E-state index contributed by atoms with van der Waals surface area (Å²) in [5.41, 5.74) is 12.3. The van der Waals surface area contributed by atoms with E-state index in [1.165, 1.54) is 53.6 Å². The molecule has 0 atom stereocenters. The molecule has 0 aliphatic rings. The van der Waals surface area contributed by atoms with Gasteiger partial charge in [-0.05, 0) is 75.8 Å². The highest BCUT2D eigenvalue weighted by molar-refractivity contribution is 7.26. The third-order valence-corrected chi connectivity index (χ3v) is 11.1. The quantitative estimate of drug-likeness (QED) is 0.175. The summed E-state index contributed by atoms with van der Waals surface area (Å²) < 4.78 is 9.00. The first-order valence-corrected chi connectivity index (χ1v) is 18.1. The second-order valence-electron chi connectivity index (χ2n) is 12.9. The fourth-order valence-corrected chi connectivity index (χ4v) is 8.78. The van der Waals surface area contributed by atoms with Gasteiger partial charge in [-0.1, -0.05) is 140 Å². The molecule has 2 nitrogen and oxygen atoms in total. The molecule has 2 aromatic heterocycles. The molecule has 240 valence electrons. The molecule has 0 aliphatic heterocycles. The first kappa shape index (κ1) is 29.5. The maximum absolute atomic E-state index is 6.44. The fraction of sp³-hybridized carbons (Fsp3) is 0. The number of hydrogen-bond acceptors (Lipinski definition) is 3. The first-order valence-electron chi connectivity index (χ1n) is 17.3. The third-order valence-electron chi connectivity index (χ3n) is 9.90. The Bertz CT molecular complexity index is 2850. The summed E-state index contributed by atoms with van der Waals surface area (Å²) in [5.74, 6) is 0. The fourth-order valence-electron chi connectivity index (χ4n) is 7.52. The summed E-state index contributed by atoms with van der Waals surface area (Å²) in [6.07, 6.45) is 0. The molecule has 2 heterocycles. The minimum Gasteiger partial charge on any atom is -0.456 e. The first-order chi connectivity index (χ1) is 25.3. The van der Waals surface area contributed by atoms with Crippen molar-refractivity contribution in [2.45, 2.75) is 0 Å². The number of para-hydroxylation sites is 1. The second kappa shape index (κ2) is 12.2. The number of furan rings is 1. The van der Waals surface area contributed by atoms with Crippen LogP contribution in [0.4, 0.5) is 17.1 Å². The minimum absolute atomic E-state index is 0.874. The van der Waals surface area contributed by atoms with Crippen molar-refractivity contribution in [3.63, 3.8) is 0 Å². The van der Waals surface area contributed by atoms with E-state index >= 15 is 0 Å². The molecule has 8 aromatic carbocycles. The van der Waals surface area contributed by atoms with Crippen LogP contribution in [-0.2, 0) is 0 Å². The molecule has 0 saturated heterocycles. The van der Waals surface area contributed by atoms with Crippen molar-refractivity contribution in [1.29, 1.82) is 0 Å². The Morgan fingerprint density at radius 2 is 0.961 bits per heavy atom. The Morgan fingerprint density at radius 3 is 1.71 bits per heavy atom. The van der Waals surface area contributed by atoms with Crippen LogP contribution in [0, 0.1) is 0 Å². The Kier molecular flexibility index (Phi) is 7.04. The van der Waals surface area contributed by atoms with E-state index in [9.17, 15) is 0 Å². The molecule has 0 amide bonds. The number of hydrogen-bond donors (Lipinski definition) is 0. The van der Waals surface area contributed by atoms with Crippen LogP contribution < -0.4 is 4.90 Å². The van der Waals surface area contributed by atoms with Gasteiger partial charge in [0.25, 0.3) is 0 Å². The van der Waals surface area contributed by atoms with Gasteiger partial charge in [-0.3, -0.25) is 0 Å². The zero-order valence-electron chi connectivity index (χ0n) is 27.7. The molecule has 0 spiro atoms. The average molecular weight is 670 g/mol. The maximum atomic E-state index is 6.44. The normalized spacial score (nSPS) is 11.5. The predicted octanol–water partition coefficient (Wildman–Crippen LogP) is 14.4. The Hall–Kier alpha value is -6.42. The monoisotopic (exact) mass is 669 g/mol. The van der Waals surface area contributed by atoms with E-state index in [1.54, 1.807) is 0 Å². The largest absolute Gasteiger partial charge is 0.456 e. The van der Waals surface area contributed by atoms with Gasteiger partial charge >= 0.3 is 0 Å². The van der Waals surface area contributed by atoms with Gasteiger partial charge in [0.15, 0.2) is 0 Å². The van der Waals surface area contributed by atoms with Gasteiger partial charge in [-0.15, -0.1) is 11.3 Å². The highest BCUT2D eigenvalue weighted by Crippen LogP contribution is 2.49. The van der Waals surface area contributed by atoms with Crippen molar-refractivity contribution < 1.29 is 4.42 Å². The molecule has 3 heteroatoms. The van der Waals surface area contributed by atoms with Gasteiger partial charge in [0, 0.05) is 48.4 Å². The summed E-state index contributed by atoms with van der Waals surface area (Å²) >= 11 is 1.86. The SMILES string of the molecule is c1ccc(-c2ccccc2-c2ccc(N(c3ccc4c(c3)oc3ccccc34)c3ccc(-c4ccccc4)c4sc5ccccc5c34)cc2)cc1. The summed E-state index contributed by atoms with van der Waals surface area (Å²) in [7, 11) is 0. The van der Waals surface area contributed by atoms with Crippen molar-refractivity contribution in [2.24, 2.45) is 0 Å². The molecule has 0 radical (unpaired) electrons. The van der Waals surface area contributed by atoms with E-state index in [2.05, 4.69) is 181 Å². The lowest BCUT2D eigenvalue weighted by molar-refractivity contribution is 0.669. The number of benzene rings is 8. The summed E-state index contributed by atoms with van der Waals surface area (Å²) in [4.78, 5) is 2.40. The molecular formula is C48H31NOS. The average Bonchev–Trinajstić information content (AvgIpc) is 3.78. The molecule has 10 aromatic rings. The van der Waals surface area contributed by atoms with Crippen LogP contribution in [0.1, 0.15) is 0 Å². The van der Waals surface area contributed by atoms with E-state index in [0.29, 0.717) is 0 Å².